The van der Waals surface area contributed by atoms with E-state index in [-0.39, 0.29) is 17.6 Å². The van der Waals surface area contributed by atoms with E-state index in [0.717, 1.165) is 37.2 Å². The molecule has 2 amide bonds. The van der Waals surface area contributed by atoms with Crippen LogP contribution in [0, 0.1) is 0 Å². The summed E-state index contributed by atoms with van der Waals surface area (Å²) in [5.41, 5.74) is 2.16. The van der Waals surface area contributed by atoms with E-state index in [1.807, 2.05) is 24.3 Å². The molecule has 2 aromatic carbocycles. The molecule has 9 nitrogen and oxygen atoms in total. The number of aromatic amines is 1. The summed E-state index contributed by atoms with van der Waals surface area (Å²) in [6.45, 7) is 1.73. The van der Waals surface area contributed by atoms with Gasteiger partial charge in [-0.05, 0) is 37.1 Å². The van der Waals surface area contributed by atoms with E-state index >= 15 is 0 Å². The molecule has 1 aromatic heterocycles. The highest BCUT2D eigenvalue weighted by Crippen LogP contribution is 2.29. The minimum atomic E-state index is -0.263. The second-order valence-corrected chi connectivity index (χ2v) is 8.29. The Morgan fingerprint density at radius 1 is 1.12 bits per heavy atom. The highest BCUT2D eigenvalue weighted by molar-refractivity contribution is 5.87. The Morgan fingerprint density at radius 2 is 1.82 bits per heavy atom. The summed E-state index contributed by atoms with van der Waals surface area (Å²) < 4.78 is 10.7. The molecule has 0 bridgehead atoms. The lowest BCUT2D eigenvalue weighted by molar-refractivity contribution is 0.210. The average Bonchev–Trinajstić information content (AvgIpc) is 2.83. The van der Waals surface area contributed by atoms with Crippen molar-refractivity contribution in [1.29, 1.82) is 0 Å². The van der Waals surface area contributed by atoms with Crippen LogP contribution in [-0.2, 0) is 0 Å². The number of amides is 2. The van der Waals surface area contributed by atoms with E-state index in [1.165, 1.54) is 7.11 Å². The first-order valence-corrected chi connectivity index (χ1v) is 10.9. The van der Waals surface area contributed by atoms with Crippen molar-refractivity contribution in [2.75, 3.05) is 46.3 Å². The van der Waals surface area contributed by atoms with Crippen molar-refractivity contribution in [2.45, 2.75) is 18.9 Å². The molecular weight excluding hydrogens is 422 g/mol. The zero-order valence-corrected chi connectivity index (χ0v) is 19.3. The second kappa shape index (κ2) is 9.40. The molecule has 0 atom stereocenters. The van der Waals surface area contributed by atoms with Gasteiger partial charge in [0.2, 0.25) is 0 Å². The quantitative estimate of drug-likeness (QED) is 0.619. The number of hydrogen-bond donors (Lipinski definition) is 2. The molecule has 1 saturated heterocycles. The summed E-state index contributed by atoms with van der Waals surface area (Å²) in [4.78, 5) is 36.0. The number of hydrogen-bond acceptors (Lipinski definition) is 6. The van der Waals surface area contributed by atoms with Crippen molar-refractivity contribution in [2.24, 2.45) is 0 Å². The monoisotopic (exact) mass is 451 g/mol. The van der Waals surface area contributed by atoms with Crippen molar-refractivity contribution in [3.05, 3.63) is 46.8 Å². The van der Waals surface area contributed by atoms with Gasteiger partial charge >= 0.3 is 6.03 Å². The number of rotatable bonds is 5. The lowest BCUT2D eigenvalue weighted by Crippen LogP contribution is -2.47. The van der Waals surface area contributed by atoms with Gasteiger partial charge in [0.1, 0.15) is 22.7 Å². The molecule has 2 N–H and O–H groups in total. The number of carbonyl (C=O) groups is 1. The third-order valence-electron chi connectivity index (χ3n) is 5.94. The van der Waals surface area contributed by atoms with Crippen molar-refractivity contribution in [3.8, 4) is 22.9 Å². The van der Waals surface area contributed by atoms with Crippen LogP contribution >= 0.6 is 0 Å². The van der Waals surface area contributed by atoms with Crippen LogP contribution < -0.4 is 25.2 Å². The number of benzene rings is 2. The second-order valence-electron chi connectivity index (χ2n) is 8.29. The van der Waals surface area contributed by atoms with Gasteiger partial charge < -0.3 is 29.6 Å². The first kappa shape index (κ1) is 22.4. The number of anilines is 1. The number of H-pyrrole nitrogens is 1. The smallest absolute Gasteiger partial charge is 0.317 e. The predicted molar refractivity (Wildman–Crippen MR) is 128 cm³/mol. The fraction of sp³-hybridized carbons (Fsp3) is 0.375. The fourth-order valence-corrected chi connectivity index (χ4v) is 4.04. The number of aromatic nitrogens is 2. The number of nitrogens with zero attached hydrogens (tertiary/aromatic N) is 3. The normalized spacial score (nSPS) is 14.2. The van der Waals surface area contributed by atoms with E-state index in [0.29, 0.717) is 28.2 Å². The molecule has 1 fully saturated rings. The van der Waals surface area contributed by atoms with Crippen molar-refractivity contribution < 1.29 is 14.3 Å². The van der Waals surface area contributed by atoms with E-state index in [1.54, 1.807) is 38.2 Å². The number of methoxy groups -OCH3 is 2. The topological polar surface area (TPSA) is 99.8 Å². The third-order valence-corrected chi connectivity index (χ3v) is 5.94. The molecule has 0 aliphatic carbocycles. The largest absolute Gasteiger partial charge is 0.497 e. The Morgan fingerprint density at radius 3 is 2.42 bits per heavy atom. The highest BCUT2D eigenvalue weighted by atomic mass is 16.5. The highest BCUT2D eigenvalue weighted by Gasteiger charge is 2.21. The van der Waals surface area contributed by atoms with Gasteiger partial charge in [-0.1, -0.05) is 0 Å². The Kier molecular flexibility index (Phi) is 6.39. The van der Waals surface area contributed by atoms with E-state index < -0.39 is 0 Å². The standard InChI is InChI=1S/C24H29N5O4/c1-28(2)24(31)25-16-9-11-29(12-10-16)17-7-5-15(6-8-17)22-26-19-13-18(32-3)14-20(33-4)21(19)23(30)27-22/h5-8,13-14,16H,9-12H2,1-4H3,(H,25,31)(H,26,27,30). The van der Waals surface area contributed by atoms with Gasteiger partial charge in [-0.15, -0.1) is 0 Å². The van der Waals surface area contributed by atoms with Crippen LogP contribution in [0.4, 0.5) is 10.5 Å². The zero-order chi connectivity index (χ0) is 23.5. The molecule has 1 aliphatic heterocycles. The van der Waals surface area contributed by atoms with Gasteiger partial charge in [0.05, 0.1) is 19.7 Å². The molecule has 9 heteroatoms. The maximum absolute atomic E-state index is 12.8. The minimum absolute atomic E-state index is 0.0510. The molecule has 0 spiro atoms. The molecule has 4 rings (SSSR count). The van der Waals surface area contributed by atoms with Gasteiger partial charge in [0, 0.05) is 56.6 Å². The summed E-state index contributed by atoms with van der Waals surface area (Å²) >= 11 is 0. The fourth-order valence-electron chi connectivity index (χ4n) is 4.04. The SMILES string of the molecule is COc1cc(OC)c2c(=O)[nH]c(-c3ccc(N4CCC(NC(=O)N(C)C)CC4)cc3)nc2c1. The molecule has 0 saturated carbocycles. The maximum atomic E-state index is 12.8. The first-order valence-electron chi connectivity index (χ1n) is 10.9. The molecule has 0 radical (unpaired) electrons. The Balaban J connectivity index is 1.52. The maximum Gasteiger partial charge on any atom is 0.317 e. The summed E-state index contributed by atoms with van der Waals surface area (Å²) in [6, 6.07) is 11.5. The lowest BCUT2D eigenvalue weighted by atomic mass is 10.0. The van der Waals surface area contributed by atoms with Crippen LogP contribution in [-0.4, -0.2) is 68.3 Å². The molecule has 3 aromatic rings. The van der Waals surface area contributed by atoms with Crippen LogP contribution in [0.25, 0.3) is 22.3 Å². The summed E-state index contributed by atoms with van der Waals surface area (Å²) in [5, 5.41) is 3.45. The number of urea groups is 1. The van der Waals surface area contributed by atoms with Gasteiger partial charge in [0.15, 0.2) is 0 Å². The summed E-state index contributed by atoms with van der Waals surface area (Å²) in [6.07, 6.45) is 1.79. The lowest BCUT2D eigenvalue weighted by Gasteiger charge is -2.34. The van der Waals surface area contributed by atoms with Crippen LogP contribution in [0.1, 0.15) is 12.8 Å². The minimum Gasteiger partial charge on any atom is -0.497 e. The molecule has 174 valence electrons. The van der Waals surface area contributed by atoms with Gasteiger partial charge in [-0.3, -0.25) is 4.79 Å². The van der Waals surface area contributed by atoms with E-state index in [2.05, 4.69) is 20.2 Å². The molecule has 2 heterocycles. The van der Waals surface area contributed by atoms with Crippen LogP contribution in [0.5, 0.6) is 11.5 Å². The van der Waals surface area contributed by atoms with Crippen LogP contribution in [0.3, 0.4) is 0 Å². The van der Waals surface area contributed by atoms with Crippen molar-refractivity contribution in [1.82, 2.24) is 20.2 Å². The zero-order valence-electron chi connectivity index (χ0n) is 19.3. The van der Waals surface area contributed by atoms with Crippen molar-refractivity contribution >= 4 is 22.6 Å². The molecule has 0 unspecified atom stereocenters. The van der Waals surface area contributed by atoms with E-state index in [4.69, 9.17) is 9.47 Å². The average molecular weight is 452 g/mol. The van der Waals surface area contributed by atoms with Gasteiger partial charge in [0.25, 0.3) is 5.56 Å². The number of fused-ring (bicyclic) bond motifs is 1. The van der Waals surface area contributed by atoms with E-state index in [9.17, 15) is 9.59 Å². The third kappa shape index (κ3) is 4.72. The Bertz CT molecular complexity index is 1200. The summed E-state index contributed by atoms with van der Waals surface area (Å²) in [7, 11) is 6.57. The first-order chi connectivity index (χ1) is 15.9. The summed E-state index contributed by atoms with van der Waals surface area (Å²) in [5.74, 6) is 1.48. The van der Waals surface area contributed by atoms with Gasteiger partial charge in [-0.2, -0.15) is 0 Å². The number of ether oxygens (including phenoxy) is 2. The molecular formula is C24H29N5O4. The predicted octanol–water partition coefficient (Wildman–Crippen LogP) is 2.85. The Hall–Kier alpha value is -3.75. The molecule has 1 aliphatic rings. The Labute approximate surface area is 192 Å². The van der Waals surface area contributed by atoms with Crippen LogP contribution in [0.2, 0.25) is 0 Å². The van der Waals surface area contributed by atoms with Crippen LogP contribution in [0.15, 0.2) is 41.2 Å². The van der Waals surface area contributed by atoms with Gasteiger partial charge in [-0.25, -0.2) is 9.78 Å². The number of piperidine rings is 1. The van der Waals surface area contributed by atoms with Crippen molar-refractivity contribution in [3.63, 3.8) is 0 Å². The number of carbonyl (C=O) groups excluding carboxylic acids is 1. The number of nitrogens with one attached hydrogen (secondary N) is 2. The molecule has 33 heavy (non-hydrogen) atoms.